The molecule has 1 aliphatic heterocycles. The van der Waals surface area contributed by atoms with E-state index in [9.17, 15) is 9.90 Å². The van der Waals surface area contributed by atoms with Crippen LogP contribution in [0.5, 0.6) is 11.5 Å². The Hall–Kier alpha value is -1.79. The van der Waals surface area contributed by atoms with Crippen molar-refractivity contribution < 1.29 is 19.4 Å². The van der Waals surface area contributed by atoms with Crippen LogP contribution >= 0.6 is 0 Å². The highest BCUT2D eigenvalue weighted by Crippen LogP contribution is 2.28. The van der Waals surface area contributed by atoms with Crippen molar-refractivity contribution in [2.45, 2.75) is 13.0 Å². The minimum atomic E-state index is -0.263. The van der Waals surface area contributed by atoms with Crippen molar-refractivity contribution in [2.75, 3.05) is 32.2 Å². The second-order valence-electron chi connectivity index (χ2n) is 4.68. The van der Waals surface area contributed by atoms with Gasteiger partial charge in [-0.15, -0.1) is 0 Å². The highest BCUT2D eigenvalue weighted by atomic mass is 16.5. The molecular weight excluding hydrogens is 260 g/mol. The molecule has 6 heteroatoms. The third kappa shape index (κ3) is 3.20. The predicted octanol–water partition coefficient (Wildman–Crippen LogP) is 0.964. The van der Waals surface area contributed by atoms with Crippen LogP contribution in [-0.4, -0.2) is 43.9 Å². The molecule has 110 valence electrons. The maximum absolute atomic E-state index is 12.3. The summed E-state index contributed by atoms with van der Waals surface area (Å²) in [5.41, 5.74) is 0.344. The highest BCUT2D eigenvalue weighted by molar-refractivity contribution is 5.94. The van der Waals surface area contributed by atoms with Gasteiger partial charge in [0.2, 0.25) is 5.91 Å². The number of benzene rings is 1. The molecule has 20 heavy (non-hydrogen) atoms. The first-order valence-corrected chi connectivity index (χ1v) is 6.64. The number of anilines is 1. The lowest BCUT2D eigenvalue weighted by Gasteiger charge is -2.18. The summed E-state index contributed by atoms with van der Waals surface area (Å²) in [6.45, 7) is 3.67. The third-order valence-electron chi connectivity index (χ3n) is 3.35. The molecule has 1 aromatic carbocycles. The molecule has 0 saturated carbocycles. The second-order valence-corrected chi connectivity index (χ2v) is 4.68. The summed E-state index contributed by atoms with van der Waals surface area (Å²) in [7, 11) is 1.53. The minimum absolute atomic E-state index is 0.00718. The van der Waals surface area contributed by atoms with E-state index in [0.717, 1.165) is 6.54 Å². The Morgan fingerprint density at radius 3 is 3.00 bits per heavy atom. The van der Waals surface area contributed by atoms with Crippen molar-refractivity contribution in [3.8, 4) is 11.5 Å². The number of methoxy groups -OCH3 is 1. The van der Waals surface area contributed by atoms with Crippen LogP contribution in [0.2, 0.25) is 0 Å². The van der Waals surface area contributed by atoms with Crippen LogP contribution < -0.4 is 15.4 Å². The highest BCUT2D eigenvalue weighted by Gasteiger charge is 2.33. The normalized spacial score (nSPS) is 21.7. The van der Waals surface area contributed by atoms with E-state index < -0.39 is 0 Å². The molecule has 1 fully saturated rings. The molecule has 6 nitrogen and oxygen atoms in total. The van der Waals surface area contributed by atoms with Crippen LogP contribution in [0.1, 0.15) is 6.92 Å². The zero-order chi connectivity index (χ0) is 14.5. The van der Waals surface area contributed by atoms with E-state index in [1.807, 2.05) is 6.92 Å². The van der Waals surface area contributed by atoms with Gasteiger partial charge in [0.25, 0.3) is 0 Å². The number of likely N-dealkylation sites (N-methyl/N-ethyl adjacent to an activating group) is 1. The average molecular weight is 280 g/mol. The Labute approximate surface area is 118 Å². The van der Waals surface area contributed by atoms with Crippen molar-refractivity contribution in [3.63, 3.8) is 0 Å². The minimum Gasteiger partial charge on any atom is -0.506 e. The number of phenols is 1. The largest absolute Gasteiger partial charge is 0.506 e. The van der Waals surface area contributed by atoms with Crippen LogP contribution in [-0.2, 0) is 9.53 Å². The Morgan fingerprint density at radius 1 is 1.50 bits per heavy atom. The van der Waals surface area contributed by atoms with Crippen LogP contribution in [0, 0.1) is 5.92 Å². The molecule has 1 heterocycles. The van der Waals surface area contributed by atoms with Gasteiger partial charge in [0, 0.05) is 12.1 Å². The summed E-state index contributed by atoms with van der Waals surface area (Å²) in [6, 6.07) is 4.71. The number of hydrogen-bond acceptors (Lipinski definition) is 5. The quantitative estimate of drug-likeness (QED) is 0.700. The Bertz CT molecular complexity index is 478. The van der Waals surface area contributed by atoms with Gasteiger partial charge >= 0.3 is 0 Å². The molecule has 0 bridgehead atoms. The monoisotopic (exact) mass is 280 g/mol. The van der Waals surface area contributed by atoms with E-state index in [1.54, 1.807) is 12.1 Å². The molecule has 0 radical (unpaired) electrons. The molecule has 1 aromatic rings. The SMILES string of the molecule is CCNC1COCC1C(=O)Nc1cc(OC)ccc1O. The molecule has 2 rings (SSSR count). The summed E-state index contributed by atoms with van der Waals surface area (Å²) >= 11 is 0. The molecule has 2 unspecified atom stereocenters. The average Bonchev–Trinajstić information content (AvgIpc) is 2.90. The topological polar surface area (TPSA) is 79.8 Å². The van der Waals surface area contributed by atoms with Gasteiger partial charge in [0.05, 0.1) is 31.9 Å². The number of aromatic hydroxyl groups is 1. The van der Waals surface area contributed by atoms with E-state index in [-0.39, 0.29) is 23.6 Å². The van der Waals surface area contributed by atoms with E-state index >= 15 is 0 Å². The number of ether oxygens (including phenoxy) is 2. The molecule has 1 aliphatic rings. The molecule has 2 atom stereocenters. The van der Waals surface area contributed by atoms with Crippen LogP contribution in [0.3, 0.4) is 0 Å². The maximum Gasteiger partial charge on any atom is 0.231 e. The fraction of sp³-hybridized carbons (Fsp3) is 0.500. The summed E-state index contributed by atoms with van der Waals surface area (Å²) < 4.78 is 10.4. The number of amides is 1. The molecule has 3 N–H and O–H groups in total. The smallest absolute Gasteiger partial charge is 0.231 e. The lowest BCUT2D eigenvalue weighted by Crippen LogP contribution is -2.41. The number of carbonyl (C=O) groups is 1. The van der Waals surface area contributed by atoms with Crippen LogP contribution in [0.15, 0.2) is 18.2 Å². The van der Waals surface area contributed by atoms with Crippen molar-refractivity contribution in [2.24, 2.45) is 5.92 Å². The summed E-state index contributed by atoms with van der Waals surface area (Å²) in [5, 5.41) is 15.7. The maximum atomic E-state index is 12.3. The first-order chi connectivity index (χ1) is 9.65. The van der Waals surface area contributed by atoms with Crippen molar-refractivity contribution in [1.82, 2.24) is 5.32 Å². The lowest BCUT2D eigenvalue weighted by molar-refractivity contribution is -0.120. The summed E-state index contributed by atoms with van der Waals surface area (Å²) in [4.78, 5) is 12.3. The number of hydrogen-bond donors (Lipinski definition) is 3. The fourth-order valence-corrected chi connectivity index (χ4v) is 2.24. The van der Waals surface area contributed by atoms with Gasteiger partial charge < -0.3 is 25.2 Å². The number of nitrogens with one attached hydrogen (secondary N) is 2. The predicted molar refractivity (Wildman–Crippen MR) is 75.1 cm³/mol. The molecule has 1 saturated heterocycles. The molecule has 0 aromatic heterocycles. The fourth-order valence-electron chi connectivity index (χ4n) is 2.24. The van der Waals surface area contributed by atoms with Crippen molar-refractivity contribution >= 4 is 11.6 Å². The molecule has 1 amide bonds. The Morgan fingerprint density at radius 2 is 2.30 bits per heavy atom. The second kappa shape index (κ2) is 6.58. The van der Waals surface area contributed by atoms with Crippen molar-refractivity contribution in [1.29, 1.82) is 0 Å². The first kappa shape index (κ1) is 14.6. The zero-order valence-electron chi connectivity index (χ0n) is 11.7. The van der Waals surface area contributed by atoms with E-state index in [0.29, 0.717) is 24.7 Å². The van der Waals surface area contributed by atoms with E-state index in [4.69, 9.17) is 9.47 Å². The number of phenolic OH excluding ortho intramolecular Hbond substituents is 1. The van der Waals surface area contributed by atoms with Gasteiger partial charge in [-0.25, -0.2) is 0 Å². The van der Waals surface area contributed by atoms with Gasteiger partial charge in [-0.3, -0.25) is 4.79 Å². The van der Waals surface area contributed by atoms with Crippen LogP contribution in [0.4, 0.5) is 5.69 Å². The Balaban J connectivity index is 2.07. The standard InChI is InChI=1S/C14H20N2O4/c1-3-15-12-8-20-7-10(12)14(18)16-11-6-9(19-2)4-5-13(11)17/h4-6,10,12,15,17H,3,7-8H2,1-2H3,(H,16,18). The third-order valence-corrected chi connectivity index (χ3v) is 3.35. The zero-order valence-corrected chi connectivity index (χ0v) is 11.7. The Kier molecular flexibility index (Phi) is 4.81. The van der Waals surface area contributed by atoms with Crippen LogP contribution in [0.25, 0.3) is 0 Å². The van der Waals surface area contributed by atoms with Gasteiger partial charge in [-0.05, 0) is 18.7 Å². The van der Waals surface area contributed by atoms with Crippen molar-refractivity contribution in [3.05, 3.63) is 18.2 Å². The van der Waals surface area contributed by atoms with Gasteiger partial charge in [-0.2, -0.15) is 0 Å². The lowest BCUT2D eigenvalue weighted by atomic mass is 10.0. The summed E-state index contributed by atoms with van der Waals surface area (Å²) in [5.74, 6) is 0.152. The molecule has 0 aliphatic carbocycles. The van der Waals surface area contributed by atoms with Gasteiger partial charge in [-0.1, -0.05) is 6.92 Å². The van der Waals surface area contributed by atoms with Gasteiger partial charge in [0.1, 0.15) is 11.5 Å². The van der Waals surface area contributed by atoms with E-state index in [2.05, 4.69) is 10.6 Å². The van der Waals surface area contributed by atoms with Gasteiger partial charge in [0.15, 0.2) is 0 Å². The summed E-state index contributed by atoms with van der Waals surface area (Å²) in [6.07, 6.45) is 0. The van der Waals surface area contributed by atoms with E-state index in [1.165, 1.54) is 13.2 Å². The first-order valence-electron chi connectivity index (χ1n) is 6.64. The molecular formula is C14H20N2O4. The number of carbonyl (C=O) groups excluding carboxylic acids is 1. The molecule has 0 spiro atoms. The number of rotatable bonds is 5.